The normalized spacial score (nSPS) is 13.9. The van der Waals surface area contributed by atoms with Crippen molar-refractivity contribution in [2.45, 2.75) is 63.8 Å². The van der Waals surface area contributed by atoms with Gasteiger partial charge >= 0.3 is 0 Å². The second-order valence-electron chi connectivity index (χ2n) is 6.42. The Morgan fingerprint density at radius 3 is 2.37 bits per heavy atom. The fraction of sp³-hybridized carbons (Fsp3) is 0.625. The van der Waals surface area contributed by atoms with Crippen molar-refractivity contribution in [2.75, 3.05) is 0 Å². The van der Waals surface area contributed by atoms with Gasteiger partial charge < -0.3 is 5.32 Å². The summed E-state index contributed by atoms with van der Waals surface area (Å²) in [5.41, 5.74) is 1.46. The first-order valence-corrected chi connectivity index (χ1v) is 8.15. The number of nitrogens with one attached hydrogen (secondary N) is 1. The molecule has 0 bridgehead atoms. The molecule has 0 fully saturated rings. The van der Waals surface area contributed by atoms with Crippen LogP contribution in [0.5, 0.6) is 0 Å². The lowest BCUT2D eigenvalue weighted by Gasteiger charge is -2.23. The van der Waals surface area contributed by atoms with E-state index in [2.05, 4.69) is 59.0 Å². The summed E-state index contributed by atoms with van der Waals surface area (Å²) in [4.78, 5) is 1.30. The van der Waals surface area contributed by atoms with Crippen molar-refractivity contribution in [1.29, 1.82) is 0 Å². The van der Waals surface area contributed by atoms with Gasteiger partial charge in [-0.3, -0.25) is 0 Å². The van der Waals surface area contributed by atoms with Gasteiger partial charge in [0.25, 0.3) is 0 Å². The maximum Gasteiger partial charge on any atom is 0.0417 e. The molecule has 1 aromatic carbocycles. The molecule has 3 heteroatoms. The zero-order valence-corrected chi connectivity index (χ0v) is 14.5. The molecule has 0 aliphatic rings. The number of halogens is 1. The zero-order valence-electron chi connectivity index (χ0n) is 12.9. The van der Waals surface area contributed by atoms with E-state index in [-0.39, 0.29) is 5.54 Å². The van der Waals surface area contributed by atoms with Gasteiger partial charge in [-0.2, -0.15) is 0 Å². The molecule has 1 nitrogen and oxygen atoms in total. The van der Waals surface area contributed by atoms with E-state index >= 15 is 0 Å². The highest BCUT2D eigenvalue weighted by Gasteiger charge is 2.14. The van der Waals surface area contributed by atoms with E-state index in [0.29, 0.717) is 11.2 Å². The predicted molar refractivity (Wildman–Crippen MR) is 88.2 cm³/mol. The van der Waals surface area contributed by atoms with Crippen LogP contribution in [0.3, 0.4) is 0 Å². The second-order valence-corrected chi connectivity index (χ2v) is 8.28. The minimum absolute atomic E-state index is 0.130. The molecule has 0 aromatic heterocycles. The third kappa shape index (κ3) is 6.20. The summed E-state index contributed by atoms with van der Waals surface area (Å²) >= 11 is 8.05. The maximum absolute atomic E-state index is 6.14. The first kappa shape index (κ1) is 16.9. The molecular weight excluding hydrogens is 274 g/mol. The molecule has 0 saturated heterocycles. The standard InChI is InChI=1S/C16H26ClNS/c1-11(2)12(3)19-15-9-14(17)8-7-13(15)10-18-16(4,5)6/h7-9,11-12,18H,10H2,1-6H3. The summed E-state index contributed by atoms with van der Waals surface area (Å²) < 4.78 is 0. The lowest BCUT2D eigenvalue weighted by atomic mass is 10.1. The van der Waals surface area contributed by atoms with E-state index in [0.717, 1.165) is 11.6 Å². The van der Waals surface area contributed by atoms with Gasteiger partial charge in [0.2, 0.25) is 0 Å². The van der Waals surface area contributed by atoms with Crippen molar-refractivity contribution in [2.24, 2.45) is 5.92 Å². The van der Waals surface area contributed by atoms with Crippen molar-refractivity contribution >= 4 is 23.4 Å². The highest BCUT2D eigenvalue weighted by atomic mass is 35.5. The molecule has 1 rings (SSSR count). The Hall–Kier alpha value is -0.180. The van der Waals surface area contributed by atoms with Crippen LogP contribution in [0.2, 0.25) is 5.02 Å². The van der Waals surface area contributed by atoms with Gasteiger partial charge in [-0.05, 0) is 44.4 Å². The Morgan fingerprint density at radius 2 is 1.84 bits per heavy atom. The molecule has 0 aliphatic carbocycles. The zero-order chi connectivity index (χ0) is 14.6. The lowest BCUT2D eigenvalue weighted by molar-refractivity contribution is 0.422. The van der Waals surface area contributed by atoms with Crippen LogP contribution in [0.1, 0.15) is 47.1 Å². The molecule has 0 saturated carbocycles. The first-order chi connectivity index (χ1) is 8.69. The van der Waals surface area contributed by atoms with Gasteiger partial charge in [-0.25, -0.2) is 0 Å². The van der Waals surface area contributed by atoms with E-state index in [1.165, 1.54) is 10.5 Å². The van der Waals surface area contributed by atoms with Gasteiger partial charge in [-0.15, -0.1) is 11.8 Å². The SMILES string of the molecule is CC(C)C(C)Sc1cc(Cl)ccc1CNC(C)(C)C. The fourth-order valence-electron chi connectivity index (χ4n) is 1.48. The minimum atomic E-state index is 0.130. The van der Waals surface area contributed by atoms with Crippen molar-refractivity contribution in [3.63, 3.8) is 0 Å². The van der Waals surface area contributed by atoms with Gasteiger partial charge in [0.05, 0.1) is 0 Å². The first-order valence-electron chi connectivity index (χ1n) is 6.89. The summed E-state index contributed by atoms with van der Waals surface area (Å²) in [6.45, 7) is 14.2. The van der Waals surface area contributed by atoms with E-state index in [4.69, 9.17) is 11.6 Å². The van der Waals surface area contributed by atoms with Crippen LogP contribution in [-0.4, -0.2) is 10.8 Å². The molecule has 1 N–H and O–H groups in total. The third-order valence-corrected chi connectivity index (χ3v) is 4.88. The predicted octanol–water partition coefficient (Wildman–Crippen LogP) is 5.36. The van der Waals surface area contributed by atoms with Gasteiger partial charge in [0, 0.05) is 27.3 Å². The molecule has 0 spiro atoms. The lowest BCUT2D eigenvalue weighted by Crippen LogP contribution is -2.35. The summed E-state index contributed by atoms with van der Waals surface area (Å²) in [5, 5.41) is 4.95. The Balaban J connectivity index is 2.85. The van der Waals surface area contributed by atoms with Gasteiger partial charge in [0.15, 0.2) is 0 Å². The molecule has 1 atom stereocenters. The molecule has 1 aromatic rings. The Morgan fingerprint density at radius 1 is 1.21 bits per heavy atom. The monoisotopic (exact) mass is 299 g/mol. The molecule has 0 aliphatic heterocycles. The van der Waals surface area contributed by atoms with Crippen molar-refractivity contribution in [3.05, 3.63) is 28.8 Å². The molecule has 108 valence electrons. The fourth-order valence-corrected chi connectivity index (χ4v) is 2.88. The quantitative estimate of drug-likeness (QED) is 0.734. The summed E-state index contributed by atoms with van der Waals surface area (Å²) in [5.74, 6) is 0.660. The number of hydrogen-bond donors (Lipinski definition) is 1. The van der Waals surface area contributed by atoms with Crippen LogP contribution in [0.25, 0.3) is 0 Å². The van der Waals surface area contributed by atoms with Crippen molar-refractivity contribution in [1.82, 2.24) is 5.32 Å². The molecule has 19 heavy (non-hydrogen) atoms. The summed E-state index contributed by atoms with van der Waals surface area (Å²) in [7, 11) is 0. The summed E-state index contributed by atoms with van der Waals surface area (Å²) in [6.07, 6.45) is 0. The van der Waals surface area contributed by atoms with Crippen LogP contribution < -0.4 is 5.32 Å². The molecule has 1 unspecified atom stereocenters. The molecular formula is C16H26ClNS. The molecule has 0 heterocycles. The minimum Gasteiger partial charge on any atom is -0.308 e. The Labute approximate surface area is 127 Å². The summed E-state index contributed by atoms with van der Waals surface area (Å²) in [6, 6.07) is 6.20. The average Bonchev–Trinajstić information content (AvgIpc) is 2.26. The van der Waals surface area contributed by atoms with Crippen molar-refractivity contribution in [3.8, 4) is 0 Å². The second kappa shape index (κ2) is 7.01. The molecule has 0 radical (unpaired) electrons. The van der Waals surface area contributed by atoms with E-state index < -0.39 is 0 Å². The van der Waals surface area contributed by atoms with Crippen LogP contribution >= 0.6 is 23.4 Å². The third-order valence-electron chi connectivity index (χ3n) is 3.09. The van der Waals surface area contributed by atoms with Crippen LogP contribution in [0.15, 0.2) is 23.1 Å². The Kier molecular flexibility index (Phi) is 6.22. The van der Waals surface area contributed by atoms with Crippen molar-refractivity contribution < 1.29 is 0 Å². The Bertz CT molecular complexity index is 410. The van der Waals surface area contributed by atoms with Crippen LogP contribution in [0.4, 0.5) is 0 Å². The van der Waals surface area contributed by atoms with Crippen LogP contribution in [-0.2, 0) is 6.54 Å². The van der Waals surface area contributed by atoms with E-state index in [9.17, 15) is 0 Å². The topological polar surface area (TPSA) is 12.0 Å². The largest absolute Gasteiger partial charge is 0.308 e. The van der Waals surface area contributed by atoms with E-state index in [1.54, 1.807) is 0 Å². The highest BCUT2D eigenvalue weighted by molar-refractivity contribution is 8.00. The number of benzene rings is 1. The average molecular weight is 300 g/mol. The smallest absolute Gasteiger partial charge is 0.0417 e. The number of thioether (sulfide) groups is 1. The van der Waals surface area contributed by atoms with E-state index in [1.807, 2.05) is 17.8 Å². The number of hydrogen-bond acceptors (Lipinski definition) is 2. The highest BCUT2D eigenvalue weighted by Crippen LogP contribution is 2.32. The van der Waals surface area contributed by atoms with Gasteiger partial charge in [0.1, 0.15) is 0 Å². The van der Waals surface area contributed by atoms with Crippen LogP contribution in [0, 0.1) is 5.92 Å². The molecule has 0 amide bonds. The number of rotatable bonds is 5. The van der Waals surface area contributed by atoms with Gasteiger partial charge in [-0.1, -0.05) is 38.4 Å². The maximum atomic E-state index is 6.14.